The first-order chi connectivity index (χ1) is 19.0. The molecular formula is C30H38N4O6. The van der Waals surface area contributed by atoms with Gasteiger partial charge < -0.3 is 25.0 Å². The zero-order valence-corrected chi connectivity index (χ0v) is 23.7. The van der Waals surface area contributed by atoms with Crippen molar-refractivity contribution in [2.75, 3.05) is 19.7 Å². The van der Waals surface area contributed by atoms with Gasteiger partial charge in [0.2, 0.25) is 11.8 Å². The highest BCUT2D eigenvalue weighted by atomic mass is 16.6. The zero-order valence-electron chi connectivity index (χ0n) is 23.7. The molecule has 10 heteroatoms. The SMILES string of the molecule is CCOC(=O)CCNC(=O)C(c1ccccc1C)N(CC#N)C(=O)C(Cc1ccccc1)NC(=O)OC(C)(C)C. The Kier molecular flexibility index (Phi) is 12.1. The molecule has 214 valence electrons. The van der Waals surface area contributed by atoms with E-state index in [4.69, 9.17) is 9.47 Å². The molecule has 0 radical (unpaired) electrons. The fourth-order valence-electron chi connectivity index (χ4n) is 4.03. The molecule has 0 aliphatic carbocycles. The lowest BCUT2D eigenvalue weighted by molar-refractivity contribution is -0.144. The summed E-state index contributed by atoms with van der Waals surface area (Å²) in [7, 11) is 0. The molecule has 0 spiro atoms. The molecule has 0 saturated carbocycles. The van der Waals surface area contributed by atoms with Crippen molar-refractivity contribution in [3.05, 3.63) is 71.3 Å². The lowest BCUT2D eigenvalue weighted by Crippen LogP contribution is -2.54. The van der Waals surface area contributed by atoms with Crippen molar-refractivity contribution in [3.8, 4) is 6.07 Å². The highest BCUT2D eigenvalue weighted by Crippen LogP contribution is 2.26. The van der Waals surface area contributed by atoms with Crippen molar-refractivity contribution in [3.63, 3.8) is 0 Å². The third-order valence-electron chi connectivity index (χ3n) is 5.77. The van der Waals surface area contributed by atoms with E-state index in [1.165, 1.54) is 0 Å². The minimum absolute atomic E-state index is 0.0156. The zero-order chi connectivity index (χ0) is 29.7. The van der Waals surface area contributed by atoms with E-state index in [2.05, 4.69) is 10.6 Å². The van der Waals surface area contributed by atoms with E-state index < -0.39 is 48.1 Å². The number of aryl methyl sites for hydroxylation is 1. The highest BCUT2D eigenvalue weighted by Gasteiger charge is 2.37. The average molecular weight is 551 g/mol. The molecule has 40 heavy (non-hydrogen) atoms. The number of hydrogen-bond donors (Lipinski definition) is 2. The molecule has 2 N–H and O–H groups in total. The first kappa shape index (κ1) is 31.8. The molecule has 0 aliphatic rings. The second-order valence-corrected chi connectivity index (χ2v) is 10.1. The number of rotatable bonds is 12. The average Bonchev–Trinajstić information content (AvgIpc) is 2.88. The quantitative estimate of drug-likeness (QED) is 0.304. The molecule has 0 aliphatic heterocycles. The van der Waals surface area contributed by atoms with E-state index in [0.29, 0.717) is 5.56 Å². The van der Waals surface area contributed by atoms with Crippen molar-refractivity contribution in [2.45, 2.75) is 65.1 Å². The Balaban J connectivity index is 2.46. The molecule has 2 atom stereocenters. The lowest BCUT2D eigenvalue weighted by atomic mass is 9.97. The topological polar surface area (TPSA) is 138 Å². The van der Waals surface area contributed by atoms with Gasteiger partial charge in [-0.1, -0.05) is 54.6 Å². The maximum atomic E-state index is 14.1. The van der Waals surface area contributed by atoms with Gasteiger partial charge in [-0.3, -0.25) is 14.4 Å². The number of amides is 3. The molecule has 0 aromatic heterocycles. The van der Waals surface area contributed by atoms with Crippen molar-refractivity contribution in [1.82, 2.24) is 15.5 Å². The summed E-state index contributed by atoms with van der Waals surface area (Å²) in [6.45, 7) is 8.38. The Morgan fingerprint density at radius 2 is 1.68 bits per heavy atom. The Labute approximate surface area is 235 Å². The van der Waals surface area contributed by atoms with Crippen LogP contribution in [0.1, 0.15) is 56.8 Å². The molecular weight excluding hydrogens is 512 g/mol. The molecule has 3 amide bonds. The third kappa shape index (κ3) is 10.1. The van der Waals surface area contributed by atoms with Crippen molar-refractivity contribution < 1.29 is 28.7 Å². The second-order valence-electron chi connectivity index (χ2n) is 10.1. The summed E-state index contributed by atoms with van der Waals surface area (Å²) in [5.41, 5.74) is 1.19. The van der Waals surface area contributed by atoms with E-state index in [1.807, 2.05) is 36.4 Å². The van der Waals surface area contributed by atoms with Gasteiger partial charge in [-0.25, -0.2) is 4.79 Å². The summed E-state index contributed by atoms with van der Waals surface area (Å²) in [5, 5.41) is 15.0. The Morgan fingerprint density at radius 3 is 2.27 bits per heavy atom. The van der Waals surface area contributed by atoms with Crippen LogP contribution < -0.4 is 10.6 Å². The summed E-state index contributed by atoms with van der Waals surface area (Å²) in [6.07, 6.45) is -0.750. The number of nitrogens with one attached hydrogen (secondary N) is 2. The van der Waals surface area contributed by atoms with Crippen LogP contribution in [-0.4, -0.2) is 60.1 Å². The molecule has 0 heterocycles. The van der Waals surface area contributed by atoms with Gasteiger partial charge in [0.25, 0.3) is 0 Å². The monoisotopic (exact) mass is 550 g/mol. The predicted molar refractivity (Wildman–Crippen MR) is 149 cm³/mol. The molecule has 10 nitrogen and oxygen atoms in total. The minimum atomic E-state index is -1.20. The van der Waals surface area contributed by atoms with Gasteiger partial charge >= 0.3 is 12.1 Å². The smallest absolute Gasteiger partial charge is 0.408 e. The maximum Gasteiger partial charge on any atom is 0.408 e. The Hall–Kier alpha value is -4.39. The predicted octanol–water partition coefficient (Wildman–Crippen LogP) is 3.59. The van der Waals surface area contributed by atoms with Crippen LogP contribution in [0.2, 0.25) is 0 Å². The number of alkyl carbamates (subject to hydrolysis) is 1. The Bertz CT molecular complexity index is 1200. The van der Waals surface area contributed by atoms with E-state index in [0.717, 1.165) is 16.0 Å². The highest BCUT2D eigenvalue weighted by molar-refractivity contribution is 5.92. The van der Waals surface area contributed by atoms with Gasteiger partial charge in [-0.15, -0.1) is 0 Å². The van der Waals surface area contributed by atoms with Gasteiger partial charge in [-0.2, -0.15) is 5.26 Å². The number of nitrogens with zero attached hydrogens (tertiary/aromatic N) is 2. The second kappa shape index (κ2) is 15.3. The number of hydrogen-bond acceptors (Lipinski definition) is 7. The minimum Gasteiger partial charge on any atom is -0.466 e. The fourth-order valence-corrected chi connectivity index (χ4v) is 4.03. The van der Waals surface area contributed by atoms with Crippen LogP contribution in [0, 0.1) is 18.3 Å². The molecule has 2 rings (SSSR count). The summed E-state index contributed by atoms with van der Waals surface area (Å²) >= 11 is 0. The van der Waals surface area contributed by atoms with Gasteiger partial charge in [-0.05, 0) is 51.3 Å². The van der Waals surface area contributed by atoms with Crippen LogP contribution in [-0.2, 0) is 30.3 Å². The third-order valence-corrected chi connectivity index (χ3v) is 5.77. The van der Waals surface area contributed by atoms with Crippen LogP contribution in [0.15, 0.2) is 54.6 Å². The summed E-state index contributed by atoms with van der Waals surface area (Å²) in [6, 6.07) is 15.8. The van der Waals surface area contributed by atoms with Crippen LogP contribution in [0.5, 0.6) is 0 Å². The lowest BCUT2D eigenvalue weighted by Gasteiger charge is -2.33. The van der Waals surface area contributed by atoms with Gasteiger partial charge in [0.05, 0.1) is 19.1 Å². The molecule has 0 bridgehead atoms. The van der Waals surface area contributed by atoms with E-state index in [1.54, 1.807) is 58.9 Å². The normalized spacial score (nSPS) is 12.3. The van der Waals surface area contributed by atoms with Crippen molar-refractivity contribution in [1.29, 1.82) is 5.26 Å². The van der Waals surface area contributed by atoms with Crippen molar-refractivity contribution >= 4 is 23.9 Å². The van der Waals surface area contributed by atoms with E-state index in [-0.39, 0.29) is 26.0 Å². The standard InChI is InChI=1S/C30H38N4O6/c1-6-39-25(35)16-18-32-27(36)26(23-15-11-10-12-21(23)2)34(19-17-31)28(37)24(20-22-13-8-7-9-14-22)33-29(38)40-30(3,4)5/h7-15,24,26H,6,16,18-20H2,1-5H3,(H,32,36)(H,33,38). The molecule has 0 fully saturated rings. The number of nitriles is 1. The number of carbonyl (C=O) groups excluding carboxylic acids is 4. The van der Waals surface area contributed by atoms with Crippen LogP contribution in [0.4, 0.5) is 4.79 Å². The first-order valence-electron chi connectivity index (χ1n) is 13.2. The number of esters is 1. The Morgan fingerprint density at radius 1 is 1.02 bits per heavy atom. The molecule has 2 aromatic rings. The summed E-state index contributed by atoms with van der Waals surface area (Å²) in [4.78, 5) is 53.3. The fraction of sp³-hybridized carbons (Fsp3) is 0.433. The van der Waals surface area contributed by atoms with Gasteiger partial charge in [0.15, 0.2) is 0 Å². The molecule has 0 saturated heterocycles. The van der Waals surface area contributed by atoms with Gasteiger partial charge in [0.1, 0.15) is 24.2 Å². The molecule has 2 aromatic carbocycles. The van der Waals surface area contributed by atoms with Crippen molar-refractivity contribution in [2.24, 2.45) is 0 Å². The number of benzene rings is 2. The summed E-state index contributed by atoms with van der Waals surface area (Å²) < 4.78 is 10.3. The van der Waals surface area contributed by atoms with Crippen LogP contribution in [0.3, 0.4) is 0 Å². The van der Waals surface area contributed by atoms with Gasteiger partial charge in [0, 0.05) is 13.0 Å². The van der Waals surface area contributed by atoms with Crippen LogP contribution >= 0.6 is 0 Å². The van der Waals surface area contributed by atoms with E-state index in [9.17, 15) is 24.4 Å². The summed E-state index contributed by atoms with van der Waals surface area (Å²) in [5.74, 6) is -1.67. The largest absolute Gasteiger partial charge is 0.466 e. The number of carbonyl (C=O) groups is 4. The van der Waals surface area contributed by atoms with Crippen LogP contribution in [0.25, 0.3) is 0 Å². The first-order valence-corrected chi connectivity index (χ1v) is 13.2. The molecule has 2 unspecified atom stereocenters. The maximum absolute atomic E-state index is 14.1. The van der Waals surface area contributed by atoms with E-state index >= 15 is 0 Å². The number of ether oxygens (including phenoxy) is 2.